The second kappa shape index (κ2) is 44.1. The summed E-state index contributed by atoms with van der Waals surface area (Å²) in [4.78, 5) is 47.7. The smallest absolute Gasteiger partial charge is 0.463 e. The third kappa shape index (κ3) is 43.1. The molecule has 0 aliphatic heterocycles. The lowest BCUT2D eigenvalue weighted by Gasteiger charge is -2.20. The van der Waals surface area contributed by atoms with Gasteiger partial charge in [-0.25, -0.2) is 4.57 Å². The first kappa shape index (κ1) is 58.5. The number of hydrogen-bond acceptors (Lipinski definition) is 10. The molecule has 0 amide bonds. The molecule has 0 aromatic heterocycles. The molecule has 2 N–H and O–H groups in total. The Hall–Kier alpha value is -1.52. The Labute approximate surface area is 367 Å². The van der Waals surface area contributed by atoms with Crippen molar-refractivity contribution in [2.45, 2.75) is 264 Å². The van der Waals surface area contributed by atoms with E-state index in [-0.39, 0.29) is 32.5 Å². The van der Waals surface area contributed by atoms with E-state index in [2.05, 4.69) is 20.8 Å². The van der Waals surface area contributed by atoms with Crippen LogP contribution in [0.4, 0.5) is 0 Å². The number of ether oxygens (including phenoxy) is 3. The summed E-state index contributed by atoms with van der Waals surface area (Å²) in [5.41, 5.74) is 0. The highest BCUT2D eigenvalue weighted by Gasteiger charge is 2.27. The average molecular weight is 877 g/mol. The van der Waals surface area contributed by atoms with Gasteiger partial charge in [0.2, 0.25) is 0 Å². The van der Waals surface area contributed by atoms with Crippen LogP contribution in [0.15, 0.2) is 0 Å². The minimum atomic E-state index is -4.70. The van der Waals surface area contributed by atoms with Crippen LogP contribution < -0.4 is 0 Å². The number of hydrogen-bond donors (Lipinski definition) is 2. The number of phosphoric ester groups is 1. The first-order valence-electron chi connectivity index (χ1n) is 24.9. The van der Waals surface area contributed by atoms with Crippen molar-refractivity contribution in [2.75, 3.05) is 26.4 Å². The highest BCUT2D eigenvalue weighted by atomic mass is 31.2. The van der Waals surface area contributed by atoms with Crippen molar-refractivity contribution >= 4 is 25.7 Å². The Morgan fingerprint density at radius 1 is 0.400 bits per heavy atom. The monoisotopic (exact) mass is 877 g/mol. The summed E-state index contributed by atoms with van der Waals surface area (Å²) in [5.74, 6) is -1.37. The van der Waals surface area contributed by atoms with Crippen LogP contribution in [-0.2, 0) is 42.2 Å². The minimum absolute atomic E-state index is 0.178. The van der Waals surface area contributed by atoms with Crippen LogP contribution in [0.25, 0.3) is 0 Å². The highest BCUT2D eigenvalue weighted by Crippen LogP contribution is 2.43. The lowest BCUT2D eigenvalue weighted by atomic mass is 10.1. The first-order valence-corrected chi connectivity index (χ1v) is 26.4. The van der Waals surface area contributed by atoms with Crippen molar-refractivity contribution in [3.8, 4) is 0 Å². The van der Waals surface area contributed by atoms with Gasteiger partial charge in [-0.2, -0.15) is 0 Å². The molecule has 0 bridgehead atoms. The van der Waals surface area contributed by atoms with Gasteiger partial charge in [0.05, 0.1) is 13.2 Å². The van der Waals surface area contributed by atoms with E-state index >= 15 is 0 Å². The Morgan fingerprint density at radius 3 is 1.03 bits per heavy atom. The molecule has 0 aromatic rings. The average Bonchev–Trinajstić information content (AvgIpc) is 3.23. The summed E-state index contributed by atoms with van der Waals surface area (Å²) in [6, 6.07) is 0. The van der Waals surface area contributed by atoms with Crippen LogP contribution in [0.2, 0.25) is 0 Å². The summed E-state index contributed by atoms with van der Waals surface area (Å²) in [6.07, 6.45) is 36.5. The molecule has 1 unspecified atom stereocenters. The molecule has 0 saturated heterocycles. The lowest BCUT2D eigenvalue weighted by molar-refractivity contribution is -0.161. The zero-order chi connectivity index (χ0) is 44.2. The van der Waals surface area contributed by atoms with Gasteiger partial charge >= 0.3 is 25.7 Å². The van der Waals surface area contributed by atoms with E-state index in [1.807, 2.05) is 0 Å². The number of unbranched alkanes of at least 4 members (excludes halogenated alkanes) is 30. The zero-order valence-electron chi connectivity index (χ0n) is 39.0. The van der Waals surface area contributed by atoms with Gasteiger partial charge in [-0.15, -0.1) is 0 Å². The predicted molar refractivity (Wildman–Crippen MR) is 243 cm³/mol. The quantitative estimate of drug-likeness (QED) is 0.0260. The van der Waals surface area contributed by atoms with Crippen molar-refractivity contribution < 1.29 is 52.2 Å². The van der Waals surface area contributed by atoms with Crippen molar-refractivity contribution in [1.29, 1.82) is 0 Å². The van der Waals surface area contributed by atoms with Crippen LogP contribution in [0.5, 0.6) is 0 Å². The minimum Gasteiger partial charge on any atom is -0.463 e. The van der Waals surface area contributed by atoms with Crippen molar-refractivity contribution in [3.63, 3.8) is 0 Å². The van der Waals surface area contributed by atoms with Crippen LogP contribution in [0.1, 0.15) is 252 Å². The maximum absolute atomic E-state index is 12.7. The van der Waals surface area contributed by atoms with Crippen LogP contribution in [0, 0.1) is 0 Å². The Kier molecular flexibility index (Phi) is 43.0. The second-order valence-electron chi connectivity index (χ2n) is 17.0. The summed E-state index contributed by atoms with van der Waals surface area (Å²) >= 11 is 0. The van der Waals surface area contributed by atoms with E-state index in [9.17, 15) is 28.9 Å². The Morgan fingerprint density at radius 2 is 0.683 bits per heavy atom. The number of carbonyl (C=O) groups excluding carboxylic acids is 3. The van der Waals surface area contributed by atoms with Crippen molar-refractivity contribution in [3.05, 3.63) is 0 Å². The molecule has 0 aliphatic rings. The fourth-order valence-electron chi connectivity index (χ4n) is 7.12. The first-order chi connectivity index (χ1) is 29.1. The molecule has 0 spiro atoms. The summed E-state index contributed by atoms with van der Waals surface area (Å²) in [5, 5.41) is 10.2. The molecule has 0 aliphatic carbocycles. The molecule has 0 fully saturated rings. The highest BCUT2D eigenvalue weighted by molar-refractivity contribution is 7.47. The Bertz CT molecular complexity index is 1030. The molecule has 0 heterocycles. The molecule has 356 valence electrons. The zero-order valence-corrected chi connectivity index (χ0v) is 39.8. The van der Waals surface area contributed by atoms with Crippen LogP contribution >= 0.6 is 7.82 Å². The molecule has 3 atom stereocenters. The SMILES string of the molecule is CCCCCCCCCCCCCC(=O)OC[C@H](O)COP(=O)(O)OC[C@H](COC(=O)CCCCCCCCCCCCC)OC(=O)CCCCCCCCCCCCC. The summed E-state index contributed by atoms with van der Waals surface area (Å²) in [7, 11) is -4.70. The number of phosphoric acid groups is 1. The van der Waals surface area contributed by atoms with E-state index in [0.29, 0.717) is 19.3 Å². The molecule has 0 rings (SSSR count). The predicted octanol–water partition coefficient (Wildman–Crippen LogP) is 13.6. The van der Waals surface area contributed by atoms with Crippen LogP contribution in [-0.4, -0.2) is 66.5 Å². The fourth-order valence-corrected chi connectivity index (χ4v) is 7.91. The van der Waals surface area contributed by atoms with Gasteiger partial charge in [-0.05, 0) is 19.3 Å². The van der Waals surface area contributed by atoms with Gasteiger partial charge < -0.3 is 24.2 Å². The van der Waals surface area contributed by atoms with E-state index in [4.69, 9.17) is 23.3 Å². The topological polar surface area (TPSA) is 155 Å². The number of aliphatic hydroxyl groups is 1. The maximum Gasteiger partial charge on any atom is 0.472 e. The Balaban J connectivity index is 4.57. The normalized spacial score (nSPS) is 13.5. The molecule has 0 saturated carbocycles. The van der Waals surface area contributed by atoms with E-state index in [1.165, 1.54) is 135 Å². The molecular formula is C48H93O11P. The molecule has 12 heteroatoms. The summed E-state index contributed by atoms with van der Waals surface area (Å²) < 4.78 is 38.8. The molecule has 60 heavy (non-hydrogen) atoms. The molecular weight excluding hydrogens is 783 g/mol. The molecule has 11 nitrogen and oxygen atoms in total. The van der Waals surface area contributed by atoms with E-state index in [0.717, 1.165) is 57.8 Å². The number of aliphatic hydroxyl groups excluding tert-OH is 1. The largest absolute Gasteiger partial charge is 0.472 e. The molecule has 0 aromatic carbocycles. The van der Waals surface area contributed by atoms with Gasteiger partial charge in [0.1, 0.15) is 19.3 Å². The van der Waals surface area contributed by atoms with E-state index in [1.54, 1.807) is 0 Å². The van der Waals surface area contributed by atoms with Gasteiger partial charge in [0.15, 0.2) is 6.10 Å². The number of esters is 3. The fraction of sp³-hybridized carbons (Fsp3) is 0.938. The number of carbonyl (C=O) groups is 3. The maximum atomic E-state index is 12.7. The van der Waals surface area contributed by atoms with Crippen LogP contribution in [0.3, 0.4) is 0 Å². The van der Waals surface area contributed by atoms with Gasteiger partial charge in [-0.3, -0.25) is 23.4 Å². The third-order valence-electron chi connectivity index (χ3n) is 11.0. The van der Waals surface area contributed by atoms with Gasteiger partial charge in [0.25, 0.3) is 0 Å². The number of rotatable bonds is 47. The lowest BCUT2D eigenvalue weighted by Crippen LogP contribution is -2.30. The van der Waals surface area contributed by atoms with Gasteiger partial charge in [-0.1, -0.05) is 213 Å². The van der Waals surface area contributed by atoms with Crippen molar-refractivity contribution in [1.82, 2.24) is 0 Å². The van der Waals surface area contributed by atoms with E-state index < -0.39 is 51.2 Å². The van der Waals surface area contributed by atoms with Crippen molar-refractivity contribution in [2.24, 2.45) is 0 Å². The third-order valence-corrected chi connectivity index (χ3v) is 11.9. The standard InChI is InChI=1S/C48H93O11P/c1-4-7-10-13-16-19-22-25-28-31-34-37-46(50)55-40-44(49)41-57-60(53,54)58-43-45(59-48(52)39-36-33-30-27-24-21-18-15-12-9-6-3)42-56-47(51)38-35-32-29-26-23-20-17-14-11-8-5-2/h44-45,49H,4-43H2,1-3H3,(H,53,54)/t44-,45-/m0/s1. The molecule has 0 radical (unpaired) electrons. The summed E-state index contributed by atoms with van der Waals surface area (Å²) in [6.45, 7) is 4.81. The second-order valence-corrected chi connectivity index (χ2v) is 18.5. The van der Waals surface area contributed by atoms with Gasteiger partial charge in [0, 0.05) is 19.3 Å².